The van der Waals surface area contributed by atoms with Crippen molar-refractivity contribution >= 4 is 49.0 Å². The highest BCUT2D eigenvalue weighted by molar-refractivity contribution is 7.99. The fourth-order valence-corrected chi connectivity index (χ4v) is 8.31. The number of aromatic nitrogens is 1. The van der Waals surface area contributed by atoms with Gasteiger partial charge in [-0.2, -0.15) is 13.2 Å². The summed E-state index contributed by atoms with van der Waals surface area (Å²) in [7, 11) is -8.04. The quantitative estimate of drug-likeness (QED) is 0.270. The van der Waals surface area contributed by atoms with E-state index in [2.05, 4.69) is 4.98 Å². The van der Waals surface area contributed by atoms with Crippen LogP contribution in [0.1, 0.15) is 48.7 Å². The van der Waals surface area contributed by atoms with Crippen LogP contribution < -0.4 is 5.14 Å². The number of carbonyl (C=O) groups is 1. The molecule has 1 fully saturated rings. The second kappa shape index (κ2) is 12.6. The van der Waals surface area contributed by atoms with Crippen LogP contribution in [0.25, 0.3) is 11.3 Å². The van der Waals surface area contributed by atoms with Crippen molar-refractivity contribution < 1.29 is 39.5 Å². The SMILES string of the molecule is CCCC(=O)c1nc(-c2c(C(F)(F)F)ccc(S(N)(=O)=O)c2Cl)ccc1Sc1ccc(S(=O)(=O)C2CCOCC2)cc1. The molecule has 2 N–H and O–H groups in total. The van der Waals surface area contributed by atoms with Gasteiger partial charge in [0.1, 0.15) is 10.6 Å². The lowest BCUT2D eigenvalue weighted by molar-refractivity contribution is -0.137. The first kappa shape index (κ1) is 32.4. The van der Waals surface area contributed by atoms with Crippen molar-refractivity contribution in [2.45, 2.75) is 63.6 Å². The molecule has 0 atom stereocenters. The lowest BCUT2D eigenvalue weighted by atomic mass is 10.0. The molecule has 15 heteroatoms. The van der Waals surface area contributed by atoms with E-state index in [0.29, 0.717) is 54.4 Å². The number of nitrogens with two attached hydrogens (primary N) is 1. The highest BCUT2D eigenvalue weighted by atomic mass is 35.5. The van der Waals surface area contributed by atoms with Gasteiger partial charge < -0.3 is 4.74 Å². The number of pyridine rings is 1. The van der Waals surface area contributed by atoms with Gasteiger partial charge in [0.2, 0.25) is 10.0 Å². The molecule has 42 heavy (non-hydrogen) atoms. The molecule has 1 aliphatic rings. The summed E-state index contributed by atoms with van der Waals surface area (Å²) in [5.74, 6) is -0.451. The number of sulfonamides is 1. The van der Waals surface area contributed by atoms with Crippen molar-refractivity contribution in [3.8, 4) is 11.3 Å². The molecule has 1 aromatic heterocycles. The van der Waals surface area contributed by atoms with E-state index in [1.807, 2.05) is 0 Å². The van der Waals surface area contributed by atoms with Crippen molar-refractivity contribution in [1.29, 1.82) is 0 Å². The molecule has 0 amide bonds. The number of hydrogen-bond acceptors (Lipinski definition) is 8. The van der Waals surface area contributed by atoms with Gasteiger partial charge in [-0.1, -0.05) is 30.3 Å². The van der Waals surface area contributed by atoms with Gasteiger partial charge >= 0.3 is 6.18 Å². The Kier molecular flexibility index (Phi) is 9.75. The highest BCUT2D eigenvalue weighted by Crippen LogP contribution is 2.43. The van der Waals surface area contributed by atoms with E-state index in [4.69, 9.17) is 21.5 Å². The zero-order valence-electron chi connectivity index (χ0n) is 22.1. The van der Waals surface area contributed by atoms with Crippen LogP contribution in [0.2, 0.25) is 5.02 Å². The second-order valence-corrected chi connectivity index (χ2v) is 14.7. The zero-order chi connectivity index (χ0) is 30.9. The summed E-state index contributed by atoms with van der Waals surface area (Å²) < 4.78 is 97.0. The Morgan fingerprint density at radius 1 is 1.05 bits per heavy atom. The fourth-order valence-electron chi connectivity index (χ4n) is 4.48. The molecule has 0 bridgehead atoms. The van der Waals surface area contributed by atoms with Gasteiger partial charge in [-0.25, -0.2) is 27.0 Å². The Morgan fingerprint density at radius 3 is 2.26 bits per heavy atom. The minimum absolute atomic E-state index is 0.0450. The topological polar surface area (TPSA) is 133 Å². The molecule has 1 saturated heterocycles. The van der Waals surface area contributed by atoms with Gasteiger partial charge in [0, 0.05) is 35.0 Å². The Balaban J connectivity index is 1.76. The Hall–Kier alpha value is -2.49. The molecule has 2 heterocycles. The molecule has 0 aliphatic carbocycles. The molecule has 226 valence electrons. The fraction of sp³-hybridized carbons (Fsp3) is 0.333. The van der Waals surface area contributed by atoms with Gasteiger partial charge in [0.15, 0.2) is 15.6 Å². The summed E-state index contributed by atoms with van der Waals surface area (Å²) in [4.78, 5) is 17.6. The number of alkyl halides is 3. The minimum atomic E-state index is -4.93. The van der Waals surface area contributed by atoms with Crippen LogP contribution in [-0.2, 0) is 30.8 Å². The van der Waals surface area contributed by atoms with E-state index in [-0.39, 0.29) is 22.7 Å². The summed E-state index contributed by atoms with van der Waals surface area (Å²) in [6, 6.07) is 9.91. The summed E-state index contributed by atoms with van der Waals surface area (Å²) >= 11 is 7.24. The molecule has 2 aromatic carbocycles. The molecule has 1 aliphatic heterocycles. The van der Waals surface area contributed by atoms with Gasteiger partial charge in [-0.3, -0.25) is 4.79 Å². The number of carbonyl (C=O) groups excluding carboxylic acids is 1. The normalized spacial score (nSPS) is 15.1. The minimum Gasteiger partial charge on any atom is -0.381 e. The molecule has 0 unspecified atom stereocenters. The lowest BCUT2D eigenvalue weighted by Gasteiger charge is -2.22. The number of ether oxygens (including phenoxy) is 1. The molecule has 3 aromatic rings. The standard InChI is InChI=1S/C27H26ClF3N2O6S3/c1-2-3-21(34)26-22(40-16-4-6-17(7-5-16)41(35,36)18-12-14-39-15-13-18)10-9-20(33-26)24-19(27(29,30)31)8-11-23(25(24)28)42(32,37)38/h4-11,18H,2-3,12-15H2,1H3,(H2,32,37,38). The maximum Gasteiger partial charge on any atom is 0.417 e. The summed E-state index contributed by atoms with van der Waals surface area (Å²) in [6.07, 6.45) is -3.64. The number of hydrogen-bond donors (Lipinski definition) is 1. The van der Waals surface area contributed by atoms with Crippen LogP contribution in [0.5, 0.6) is 0 Å². The Morgan fingerprint density at radius 2 is 1.69 bits per heavy atom. The van der Waals surface area contributed by atoms with E-state index >= 15 is 0 Å². The summed E-state index contributed by atoms with van der Waals surface area (Å²) in [5, 5.41) is 3.85. The zero-order valence-corrected chi connectivity index (χ0v) is 25.4. The Labute approximate surface area is 250 Å². The number of nitrogens with zero attached hydrogens (tertiary/aromatic N) is 1. The number of Topliss-reactive ketones (excluding diaryl/α,β-unsaturated/α-hetero) is 1. The second-order valence-electron chi connectivity index (χ2n) is 9.49. The number of benzene rings is 2. The van der Waals surface area contributed by atoms with Crippen molar-refractivity contribution in [2.24, 2.45) is 5.14 Å². The average molecular weight is 663 g/mol. The molecule has 4 rings (SSSR count). The van der Waals surface area contributed by atoms with Crippen molar-refractivity contribution in [2.75, 3.05) is 13.2 Å². The van der Waals surface area contributed by atoms with Crippen molar-refractivity contribution in [1.82, 2.24) is 4.98 Å². The smallest absolute Gasteiger partial charge is 0.381 e. The third-order valence-electron chi connectivity index (χ3n) is 6.56. The lowest BCUT2D eigenvalue weighted by Crippen LogP contribution is -2.28. The Bertz CT molecular complexity index is 1710. The highest BCUT2D eigenvalue weighted by Gasteiger charge is 2.37. The van der Waals surface area contributed by atoms with Gasteiger partial charge in [0.25, 0.3) is 0 Å². The molecular formula is C27H26ClF3N2O6S3. The number of primary sulfonamides is 1. The van der Waals surface area contributed by atoms with Gasteiger partial charge in [-0.05, 0) is 67.8 Å². The molecule has 0 spiro atoms. The first-order chi connectivity index (χ1) is 19.6. The van der Waals surface area contributed by atoms with Crippen LogP contribution in [-0.4, -0.2) is 46.1 Å². The number of sulfone groups is 1. The van der Waals surface area contributed by atoms with Gasteiger partial charge in [-0.15, -0.1) is 0 Å². The third kappa shape index (κ3) is 7.00. The molecule has 0 radical (unpaired) electrons. The van der Waals surface area contributed by atoms with Crippen LogP contribution in [0.15, 0.2) is 68.1 Å². The predicted molar refractivity (Wildman–Crippen MR) is 152 cm³/mol. The van der Waals surface area contributed by atoms with E-state index < -0.39 is 58.1 Å². The van der Waals surface area contributed by atoms with E-state index in [1.54, 1.807) is 19.1 Å². The number of halogens is 4. The van der Waals surface area contributed by atoms with E-state index in [0.717, 1.165) is 11.8 Å². The summed E-state index contributed by atoms with van der Waals surface area (Å²) in [5.41, 5.74) is -2.47. The van der Waals surface area contributed by atoms with E-state index in [9.17, 15) is 34.8 Å². The van der Waals surface area contributed by atoms with Crippen LogP contribution in [0.3, 0.4) is 0 Å². The van der Waals surface area contributed by atoms with Gasteiger partial charge in [0.05, 0.1) is 26.4 Å². The average Bonchev–Trinajstić information content (AvgIpc) is 2.93. The third-order valence-corrected chi connectivity index (χ3v) is 11.4. The predicted octanol–water partition coefficient (Wildman–Crippen LogP) is 6.15. The number of ketones is 1. The first-order valence-corrected chi connectivity index (χ1v) is 17.0. The molecule has 0 saturated carbocycles. The largest absolute Gasteiger partial charge is 0.417 e. The van der Waals surface area contributed by atoms with Crippen LogP contribution >= 0.6 is 23.4 Å². The van der Waals surface area contributed by atoms with Crippen molar-refractivity contribution in [3.63, 3.8) is 0 Å². The monoisotopic (exact) mass is 662 g/mol. The van der Waals surface area contributed by atoms with Crippen molar-refractivity contribution in [3.05, 3.63) is 64.8 Å². The molecular weight excluding hydrogens is 637 g/mol. The summed E-state index contributed by atoms with van der Waals surface area (Å²) in [6.45, 7) is 2.50. The van der Waals surface area contributed by atoms with E-state index in [1.165, 1.54) is 24.3 Å². The van der Waals surface area contributed by atoms with Crippen LogP contribution in [0, 0.1) is 0 Å². The first-order valence-electron chi connectivity index (χ1n) is 12.7. The molecule has 8 nitrogen and oxygen atoms in total. The van der Waals surface area contributed by atoms with Crippen LogP contribution in [0.4, 0.5) is 13.2 Å². The number of rotatable bonds is 9. The maximum absolute atomic E-state index is 13.9. The maximum atomic E-state index is 13.9.